The number of halogens is 1. The molecule has 0 fully saturated rings. The molecule has 5 nitrogen and oxygen atoms in total. The maximum absolute atomic E-state index is 11.9. The zero-order valence-electron chi connectivity index (χ0n) is 10.8. The number of benzene rings is 1. The fourth-order valence-corrected chi connectivity index (χ4v) is 1.96. The van der Waals surface area contributed by atoms with Gasteiger partial charge in [-0.3, -0.25) is 4.79 Å². The van der Waals surface area contributed by atoms with Crippen LogP contribution in [0.1, 0.15) is 15.9 Å². The standard InChI is InChI=1S/C14H15ClN4O/c15-12-8-11(9-18-13(12)19-16)14(20)17-7-6-10-4-2-1-3-5-10/h1-5,8-9H,6-7,16H2,(H,17,20)(H,18,19). The lowest BCUT2D eigenvalue weighted by molar-refractivity contribution is 0.0954. The van der Waals surface area contributed by atoms with Gasteiger partial charge in [0.05, 0.1) is 10.6 Å². The average molecular weight is 291 g/mol. The van der Waals surface area contributed by atoms with Crippen molar-refractivity contribution in [2.45, 2.75) is 6.42 Å². The molecule has 2 rings (SSSR count). The van der Waals surface area contributed by atoms with E-state index in [1.54, 1.807) is 0 Å². The van der Waals surface area contributed by atoms with E-state index in [4.69, 9.17) is 17.4 Å². The van der Waals surface area contributed by atoms with Gasteiger partial charge in [-0.05, 0) is 18.1 Å². The minimum atomic E-state index is -0.209. The third-order valence-electron chi connectivity index (χ3n) is 2.78. The van der Waals surface area contributed by atoms with Crippen LogP contribution in [0.2, 0.25) is 5.02 Å². The van der Waals surface area contributed by atoms with Gasteiger partial charge in [0.15, 0.2) is 5.82 Å². The fourth-order valence-electron chi connectivity index (χ4n) is 1.74. The van der Waals surface area contributed by atoms with E-state index in [0.29, 0.717) is 22.9 Å². The van der Waals surface area contributed by atoms with Crippen LogP contribution in [0.25, 0.3) is 0 Å². The van der Waals surface area contributed by atoms with Gasteiger partial charge in [0.25, 0.3) is 5.91 Å². The van der Waals surface area contributed by atoms with Crippen molar-refractivity contribution in [3.05, 3.63) is 58.7 Å². The topological polar surface area (TPSA) is 80.0 Å². The zero-order chi connectivity index (χ0) is 14.4. The number of anilines is 1. The van der Waals surface area contributed by atoms with E-state index in [1.165, 1.54) is 17.8 Å². The summed E-state index contributed by atoms with van der Waals surface area (Å²) in [6.45, 7) is 0.553. The lowest BCUT2D eigenvalue weighted by atomic mass is 10.1. The highest BCUT2D eigenvalue weighted by Gasteiger charge is 2.08. The van der Waals surface area contributed by atoms with Crippen LogP contribution in [0.4, 0.5) is 5.82 Å². The van der Waals surface area contributed by atoms with Crippen LogP contribution in [0.5, 0.6) is 0 Å². The number of carbonyl (C=O) groups excluding carboxylic acids is 1. The number of carbonyl (C=O) groups is 1. The highest BCUT2D eigenvalue weighted by molar-refractivity contribution is 6.33. The van der Waals surface area contributed by atoms with Crippen LogP contribution >= 0.6 is 11.6 Å². The number of nitrogen functional groups attached to an aromatic ring is 1. The lowest BCUT2D eigenvalue weighted by Gasteiger charge is -2.07. The molecule has 0 unspecified atom stereocenters. The number of nitrogens with one attached hydrogen (secondary N) is 2. The van der Waals surface area contributed by atoms with Gasteiger partial charge in [0, 0.05) is 12.7 Å². The van der Waals surface area contributed by atoms with Crippen molar-refractivity contribution in [3.8, 4) is 0 Å². The predicted octanol–water partition coefficient (Wildman–Crippen LogP) is 1.99. The van der Waals surface area contributed by atoms with Gasteiger partial charge in [-0.2, -0.15) is 0 Å². The summed E-state index contributed by atoms with van der Waals surface area (Å²) >= 11 is 5.92. The summed E-state index contributed by atoms with van der Waals surface area (Å²) < 4.78 is 0. The second-order valence-corrected chi connectivity index (χ2v) is 4.60. The second kappa shape index (κ2) is 6.88. The fraction of sp³-hybridized carbons (Fsp3) is 0.143. The van der Waals surface area contributed by atoms with E-state index in [-0.39, 0.29) is 5.91 Å². The maximum atomic E-state index is 11.9. The van der Waals surface area contributed by atoms with Crippen molar-refractivity contribution < 1.29 is 4.79 Å². The van der Waals surface area contributed by atoms with Gasteiger partial charge < -0.3 is 10.7 Å². The first-order chi connectivity index (χ1) is 9.70. The first-order valence-electron chi connectivity index (χ1n) is 6.15. The summed E-state index contributed by atoms with van der Waals surface area (Å²) in [5.74, 6) is 5.35. The molecule has 104 valence electrons. The monoisotopic (exact) mass is 290 g/mol. The number of aromatic nitrogens is 1. The molecule has 1 aromatic carbocycles. The molecule has 0 saturated heterocycles. The minimum Gasteiger partial charge on any atom is -0.352 e. The Bertz CT molecular complexity index is 589. The highest BCUT2D eigenvalue weighted by Crippen LogP contribution is 2.18. The summed E-state index contributed by atoms with van der Waals surface area (Å²) in [7, 11) is 0. The first-order valence-corrected chi connectivity index (χ1v) is 6.53. The molecule has 6 heteroatoms. The molecule has 0 aliphatic carbocycles. The van der Waals surface area contributed by atoms with Gasteiger partial charge in [-0.15, -0.1) is 0 Å². The largest absolute Gasteiger partial charge is 0.352 e. The quantitative estimate of drug-likeness (QED) is 0.581. The Morgan fingerprint density at radius 2 is 2.05 bits per heavy atom. The Hall–Kier alpha value is -2.11. The smallest absolute Gasteiger partial charge is 0.252 e. The third-order valence-corrected chi connectivity index (χ3v) is 3.07. The molecular weight excluding hydrogens is 276 g/mol. The Labute approximate surface area is 122 Å². The van der Waals surface area contributed by atoms with Crippen molar-refractivity contribution in [3.63, 3.8) is 0 Å². The molecule has 1 heterocycles. The summed E-state index contributed by atoms with van der Waals surface area (Å²) in [6.07, 6.45) is 2.20. The number of nitrogens with two attached hydrogens (primary N) is 1. The predicted molar refractivity (Wildman–Crippen MR) is 79.5 cm³/mol. The summed E-state index contributed by atoms with van der Waals surface area (Å²) in [6, 6.07) is 11.5. The zero-order valence-corrected chi connectivity index (χ0v) is 11.5. The molecule has 2 aromatic rings. The molecule has 0 aliphatic rings. The number of rotatable bonds is 5. The summed E-state index contributed by atoms with van der Waals surface area (Å²) in [5.41, 5.74) is 3.93. The van der Waals surface area contributed by atoms with Gasteiger partial charge in [0.2, 0.25) is 0 Å². The summed E-state index contributed by atoms with van der Waals surface area (Å²) in [4.78, 5) is 15.9. The Morgan fingerprint density at radius 1 is 1.30 bits per heavy atom. The second-order valence-electron chi connectivity index (χ2n) is 4.19. The van der Waals surface area contributed by atoms with Crippen LogP contribution in [0, 0.1) is 0 Å². The molecular formula is C14H15ClN4O. The molecule has 1 amide bonds. The first kappa shape index (κ1) is 14.3. The Kier molecular flexibility index (Phi) is 4.92. The number of amides is 1. The van der Waals surface area contributed by atoms with Crippen molar-refractivity contribution in [2.75, 3.05) is 12.0 Å². The maximum Gasteiger partial charge on any atom is 0.252 e. The van der Waals surface area contributed by atoms with E-state index in [1.807, 2.05) is 30.3 Å². The minimum absolute atomic E-state index is 0.209. The number of pyridine rings is 1. The molecule has 0 radical (unpaired) electrons. The Morgan fingerprint density at radius 3 is 2.70 bits per heavy atom. The molecule has 4 N–H and O–H groups in total. The van der Waals surface area contributed by atoms with Crippen LogP contribution in [0.15, 0.2) is 42.6 Å². The van der Waals surface area contributed by atoms with E-state index < -0.39 is 0 Å². The molecule has 0 spiro atoms. The summed E-state index contributed by atoms with van der Waals surface area (Å²) in [5, 5.41) is 3.13. The van der Waals surface area contributed by atoms with E-state index in [9.17, 15) is 4.79 Å². The van der Waals surface area contributed by atoms with E-state index in [0.717, 1.165) is 6.42 Å². The van der Waals surface area contributed by atoms with Gasteiger partial charge in [0.1, 0.15) is 0 Å². The lowest BCUT2D eigenvalue weighted by Crippen LogP contribution is -2.26. The highest BCUT2D eigenvalue weighted by atomic mass is 35.5. The van der Waals surface area contributed by atoms with E-state index >= 15 is 0 Å². The number of hydrazine groups is 1. The van der Waals surface area contributed by atoms with Crippen molar-refractivity contribution >= 4 is 23.3 Å². The van der Waals surface area contributed by atoms with Gasteiger partial charge >= 0.3 is 0 Å². The van der Waals surface area contributed by atoms with Gasteiger partial charge in [-0.1, -0.05) is 41.9 Å². The number of nitrogens with zero attached hydrogens (tertiary/aromatic N) is 1. The average Bonchev–Trinajstić information content (AvgIpc) is 2.48. The molecule has 1 aromatic heterocycles. The number of hydrogen-bond donors (Lipinski definition) is 3. The number of hydrogen-bond acceptors (Lipinski definition) is 4. The Balaban J connectivity index is 1.90. The van der Waals surface area contributed by atoms with Crippen LogP contribution in [0.3, 0.4) is 0 Å². The van der Waals surface area contributed by atoms with Crippen molar-refractivity contribution in [1.82, 2.24) is 10.3 Å². The van der Waals surface area contributed by atoms with Crippen LogP contribution in [-0.2, 0) is 6.42 Å². The van der Waals surface area contributed by atoms with Crippen LogP contribution < -0.4 is 16.6 Å². The van der Waals surface area contributed by atoms with Crippen LogP contribution in [-0.4, -0.2) is 17.4 Å². The molecule has 0 bridgehead atoms. The molecule has 0 aliphatic heterocycles. The molecule has 20 heavy (non-hydrogen) atoms. The van der Waals surface area contributed by atoms with Crippen molar-refractivity contribution in [2.24, 2.45) is 5.84 Å². The SMILES string of the molecule is NNc1ncc(C(=O)NCCc2ccccc2)cc1Cl. The van der Waals surface area contributed by atoms with Gasteiger partial charge in [-0.25, -0.2) is 10.8 Å². The van der Waals surface area contributed by atoms with Crippen molar-refractivity contribution in [1.29, 1.82) is 0 Å². The normalized spacial score (nSPS) is 10.1. The third kappa shape index (κ3) is 3.69. The molecule has 0 atom stereocenters. The molecule has 0 saturated carbocycles. The van der Waals surface area contributed by atoms with E-state index in [2.05, 4.69) is 15.7 Å².